The second-order valence-electron chi connectivity index (χ2n) is 16.0. The molecule has 17 heteroatoms. The summed E-state index contributed by atoms with van der Waals surface area (Å²) in [7, 11) is -1.25. The SMILES string of the molecule is COc1c(C)cc(P(c2cc(C)c(OC)c(C)c2)[C-]2C=CC=C/C2=C2/C=CC=C2[C@@H](C)P(c2cc(C(F)(F)F)cc(C(F)(F)F)c2)c2cc(C(F)(F)F)cc(C(F)(F)F)c2)cc1C.[Fe+2].c1cc[cH-]c1. The molecule has 0 N–H and O–H groups in total. The first-order valence-corrected chi connectivity index (χ1v) is 23.5. The summed E-state index contributed by atoms with van der Waals surface area (Å²) in [6.07, 6.45) is -9.44. The third-order valence-corrected chi connectivity index (χ3v) is 16.3. The summed E-state index contributed by atoms with van der Waals surface area (Å²) in [6.45, 7) is 8.98. The number of alkyl halides is 12. The van der Waals surface area contributed by atoms with Crippen LogP contribution in [0.5, 0.6) is 11.5 Å². The van der Waals surface area contributed by atoms with Crippen LogP contribution < -0.4 is 30.7 Å². The number of aryl methyl sites for hydroxylation is 4. The van der Waals surface area contributed by atoms with Crippen LogP contribution >= 0.6 is 15.8 Å². The Morgan fingerprint density at radius 1 is 0.522 bits per heavy atom. The van der Waals surface area contributed by atoms with Gasteiger partial charge >= 0.3 is 41.8 Å². The quantitative estimate of drug-likeness (QED) is 0.0634. The van der Waals surface area contributed by atoms with Crippen molar-refractivity contribution in [1.82, 2.24) is 0 Å². The van der Waals surface area contributed by atoms with E-state index in [4.69, 9.17) is 9.47 Å². The Balaban J connectivity index is 0.00000139. The van der Waals surface area contributed by atoms with Crippen LogP contribution in [0, 0.1) is 33.4 Å². The molecule has 0 unspecified atom stereocenters. The van der Waals surface area contributed by atoms with Gasteiger partial charge in [-0.25, -0.2) is 12.1 Å². The fourth-order valence-corrected chi connectivity index (χ4v) is 14.0. The molecule has 0 spiro atoms. The predicted molar refractivity (Wildman–Crippen MR) is 247 cm³/mol. The van der Waals surface area contributed by atoms with Crippen molar-refractivity contribution >= 4 is 37.1 Å². The molecule has 0 aromatic heterocycles. The molecule has 0 saturated heterocycles. The molecular formula is C52H44F12FeO2P2. The number of ether oxygens (including phenoxy) is 2. The fraction of sp³-hybridized carbons (Fsp3) is 0.231. The predicted octanol–water partition coefficient (Wildman–Crippen LogP) is 14.8. The van der Waals surface area contributed by atoms with E-state index < -0.39 is 79.1 Å². The van der Waals surface area contributed by atoms with Crippen molar-refractivity contribution in [1.29, 1.82) is 0 Å². The second kappa shape index (κ2) is 21.5. The van der Waals surface area contributed by atoms with Crippen molar-refractivity contribution in [2.75, 3.05) is 14.2 Å². The van der Waals surface area contributed by atoms with Crippen LogP contribution in [-0.2, 0) is 41.8 Å². The van der Waals surface area contributed by atoms with Crippen molar-refractivity contribution in [3.63, 3.8) is 0 Å². The molecule has 366 valence electrons. The Morgan fingerprint density at radius 2 is 0.913 bits per heavy atom. The average Bonchev–Trinajstić information content (AvgIpc) is 4.00. The van der Waals surface area contributed by atoms with Gasteiger partial charge in [-0.05, 0) is 140 Å². The van der Waals surface area contributed by atoms with E-state index in [2.05, 4.69) is 0 Å². The van der Waals surface area contributed by atoms with Gasteiger partial charge in [0.2, 0.25) is 0 Å². The molecule has 0 fully saturated rings. The van der Waals surface area contributed by atoms with E-state index in [1.165, 1.54) is 13.0 Å². The first kappa shape index (κ1) is 54.9. The molecule has 0 radical (unpaired) electrons. The summed E-state index contributed by atoms with van der Waals surface area (Å²) in [6, 6.07) is 19.2. The van der Waals surface area contributed by atoms with Gasteiger partial charge in [0.25, 0.3) is 0 Å². The van der Waals surface area contributed by atoms with Gasteiger partial charge < -0.3 is 9.47 Å². The standard InChI is InChI=1S/C47H39F12O2P2.C5H5.Fe/c1-25-15-34(16-26(2)42(25)60-6)63(35-17-27(3)43(61-7)28(4)18-35)41-14-9-8-11-40(41)39-13-10-12-38(39)29(5)62(36-21-30(44(48,49)50)19-31(22-36)45(51,52)53)37-23-32(46(54,55)56)20-33(24-37)47(57,58)59;1-2-4-5-3-1;/h8-24,29H,1-7H3;1-5H;/q2*-1;+2/b40-39+;;/t29-;;/m1../s1. The zero-order valence-corrected chi connectivity index (χ0v) is 40.8. The van der Waals surface area contributed by atoms with Gasteiger partial charge in [0.1, 0.15) is 11.5 Å². The van der Waals surface area contributed by atoms with Gasteiger partial charge in [0.15, 0.2) is 0 Å². The second-order valence-corrected chi connectivity index (χ2v) is 20.7. The van der Waals surface area contributed by atoms with Gasteiger partial charge in [-0.15, -0.1) is 29.9 Å². The molecule has 0 aliphatic heterocycles. The van der Waals surface area contributed by atoms with Crippen LogP contribution in [-0.4, -0.2) is 19.9 Å². The third kappa shape index (κ3) is 12.5. The summed E-state index contributed by atoms with van der Waals surface area (Å²) in [4.78, 5) is 0. The molecule has 0 saturated carbocycles. The molecule has 7 rings (SSSR count). The van der Waals surface area contributed by atoms with Gasteiger partial charge in [0.05, 0.1) is 36.5 Å². The number of methoxy groups -OCH3 is 2. The summed E-state index contributed by atoms with van der Waals surface area (Å²) in [5.41, 5.74) is -2.87. The van der Waals surface area contributed by atoms with Crippen LogP contribution in [0.25, 0.3) is 0 Å². The zero-order chi connectivity index (χ0) is 50.1. The van der Waals surface area contributed by atoms with E-state index in [-0.39, 0.29) is 34.8 Å². The number of hydrogen-bond donors (Lipinski definition) is 0. The maximum Gasteiger partial charge on any atom is 2.00 e. The molecule has 69 heavy (non-hydrogen) atoms. The molecular weight excluding hydrogens is 1000 g/mol. The molecule has 5 aromatic rings. The maximum absolute atomic E-state index is 14.3. The van der Waals surface area contributed by atoms with E-state index >= 15 is 0 Å². The number of hydrogen-bond acceptors (Lipinski definition) is 2. The third-order valence-electron chi connectivity index (χ3n) is 11.2. The normalized spacial score (nSPS) is 15.6. The van der Waals surface area contributed by atoms with E-state index in [1.54, 1.807) is 38.5 Å². The number of rotatable bonds is 9. The zero-order valence-electron chi connectivity index (χ0n) is 37.9. The fourth-order valence-electron chi connectivity index (χ4n) is 8.34. The van der Waals surface area contributed by atoms with E-state index in [1.807, 2.05) is 94.4 Å². The Labute approximate surface area is 405 Å². The Bertz CT molecular complexity index is 2530. The molecule has 5 aromatic carbocycles. The maximum atomic E-state index is 14.3. The molecule has 2 aliphatic rings. The van der Waals surface area contributed by atoms with Crippen molar-refractivity contribution in [3.8, 4) is 11.5 Å². The monoisotopic (exact) mass is 1050 g/mol. The van der Waals surface area contributed by atoms with Crippen LogP contribution in [0.3, 0.4) is 0 Å². The largest absolute Gasteiger partial charge is 2.00 e. The topological polar surface area (TPSA) is 18.5 Å². The van der Waals surface area contributed by atoms with Gasteiger partial charge in [-0.2, -0.15) is 70.9 Å². The Hall–Kier alpha value is -5.06. The average molecular weight is 1050 g/mol. The molecule has 0 amide bonds. The number of allylic oxidation sites excluding steroid dienone is 10. The van der Waals surface area contributed by atoms with Crippen LogP contribution in [0.15, 0.2) is 150 Å². The van der Waals surface area contributed by atoms with Crippen LogP contribution in [0.1, 0.15) is 51.4 Å². The van der Waals surface area contributed by atoms with E-state index in [9.17, 15) is 52.7 Å². The summed E-state index contributed by atoms with van der Waals surface area (Å²) in [5.74, 6) is 1.35. The summed E-state index contributed by atoms with van der Waals surface area (Å²) < 4.78 is 183. The van der Waals surface area contributed by atoms with Crippen molar-refractivity contribution in [2.24, 2.45) is 0 Å². The van der Waals surface area contributed by atoms with Gasteiger partial charge in [0, 0.05) is 5.66 Å². The molecule has 0 bridgehead atoms. The van der Waals surface area contributed by atoms with Gasteiger partial charge in [-0.1, -0.05) is 49.9 Å². The van der Waals surface area contributed by atoms with E-state index in [0.717, 1.165) is 38.5 Å². The first-order chi connectivity index (χ1) is 31.7. The first-order valence-electron chi connectivity index (χ1n) is 20.7. The van der Waals surface area contributed by atoms with Crippen LogP contribution in [0.2, 0.25) is 0 Å². The summed E-state index contributed by atoms with van der Waals surface area (Å²) >= 11 is 0. The minimum atomic E-state index is -5.36. The molecule has 0 heterocycles. The van der Waals surface area contributed by atoms with Crippen molar-refractivity contribution < 1.29 is 79.2 Å². The number of benzene rings is 4. The molecule has 2 aliphatic carbocycles. The molecule has 1 atom stereocenters. The van der Waals surface area contributed by atoms with E-state index in [0.29, 0.717) is 46.9 Å². The smallest absolute Gasteiger partial charge is 0.496 e. The van der Waals surface area contributed by atoms with Crippen LogP contribution in [0.4, 0.5) is 52.7 Å². The minimum absolute atomic E-state index is 0. The van der Waals surface area contributed by atoms with Gasteiger partial charge in [-0.3, -0.25) is 0 Å². The van der Waals surface area contributed by atoms with Crippen molar-refractivity contribution in [3.05, 3.63) is 200 Å². The Kier molecular flexibility index (Phi) is 17.1. The van der Waals surface area contributed by atoms with Crippen molar-refractivity contribution in [2.45, 2.75) is 65.0 Å². The number of halogens is 12. The molecule has 2 nitrogen and oxygen atoms in total. The Morgan fingerprint density at radius 3 is 1.25 bits per heavy atom. The minimum Gasteiger partial charge on any atom is -0.496 e. The summed E-state index contributed by atoms with van der Waals surface area (Å²) in [5, 5.41) is 0.354.